The summed E-state index contributed by atoms with van der Waals surface area (Å²) in [5, 5.41) is 11.8. The number of benzene rings is 1. The topological polar surface area (TPSA) is 63.8 Å². The van der Waals surface area contributed by atoms with E-state index in [0.29, 0.717) is 11.6 Å². The lowest BCUT2D eigenvalue weighted by Crippen LogP contribution is -1.84. The number of nitrogens with one attached hydrogen (secondary N) is 1. The number of anilines is 1. The molecule has 0 saturated heterocycles. The molecule has 0 amide bonds. The van der Waals surface area contributed by atoms with Crippen molar-refractivity contribution in [1.29, 1.82) is 0 Å². The molecule has 0 bridgehead atoms. The summed E-state index contributed by atoms with van der Waals surface area (Å²) in [6, 6.07) is 7.91. The van der Waals surface area contributed by atoms with Crippen molar-refractivity contribution in [3.05, 3.63) is 40.8 Å². The Morgan fingerprint density at radius 3 is 2.95 bits per heavy atom. The smallest absolute Gasteiger partial charge is 0.206 e. The van der Waals surface area contributed by atoms with Crippen LogP contribution in [-0.4, -0.2) is 22.2 Å². The number of thioether (sulfide) groups is 1. The summed E-state index contributed by atoms with van der Waals surface area (Å²) in [5.41, 5.74) is 0.995. The SMILES string of the molecule is CNc1nnc(SCc2ncc(-c3ccccc3Br)o2)s1. The van der Waals surface area contributed by atoms with Crippen molar-refractivity contribution in [3.63, 3.8) is 0 Å². The average molecular weight is 383 g/mol. The summed E-state index contributed by atoms with van der Waals surface area (Å²) in [5.74, 6) is 2.06. The number of rotatable bonds is 5. The van der Waals surface area contributed by atoms with Crippen molar-refractivity contribution in [1.82, 2.24) is 15.2 Å². The van der Waals surface area contributed by atoms with Crippen LogP contribution in [0.25, 0.3) is 11.3 Å². The Bertz CT molecular complexity index is 743. The molecular formula is C13H11BrN4OS2. The standard InChI is InChI=1S/C13H11BrN4OS2/c1-15-12-17-18-13(21-12)20-7-11-16-6-10(19-11)8-4-2-3-5-9(8)14/h2-6H,7H2,1H3,(H,15,17). The number of nitrogens with zero attached hydrogens (tertiary/aromatic N) is 3. The Morgan fingerprint density at radius 1 is 1.33 bits per heavy atom. The summed E-state index contributed by atoms with van der Waals surface area (Å²) in [4.78, 5) is 4.31. The van der Waals surface area contributed by atoms with Crippen LogP contribution in [0.4, 0.5) is 5.13 Å². The van der Waals surface area contributed by atoms with Gasteiger partial charge in [0.25, 0.3) is 0 Å². The highest BCUT2D eigenvalue weighted by molar-refractivity contribution is 9.10. The number of halogens is 1. The minimum Gasteiger partial charge on any atom is -0.440 e. The second-order valence-corrected chi connectivity index (χ2v) is 7.06. The van der Waals surface area contributed by atoms with Crippen LogP contribution in [-0.2, 0) is 5.75 Å². The van der Waals surface area contributed by atoms with E-state index in [1.54, 1.807) is 18.0 Å². The Morgan fingerprint density at radius 2 is 2.19 bits per heavy atom. The molecule has 0 saturated carbocycles. The molecule has 3 aromatic rings. The van der Waals surface area contributed by atoms with Crippen molar-refractivity contribution < 1.29 is 4.42 Å². The lowest BCUT2D eigenvalue weighted by Gasteiger charge is -1.98. The molecule has 1 aromatic carbocycles. The highest BCUT2D eigenvalue weighted by Crippen LogP contribution is 2.31. The molecule has 0 aliphatic rings. The molecule has 0 aliphatic heterocycles. The molecule has 21 heavy (non-hydrogen) atoms. The van der Waals surface area contributed by atoms with Gasteiger partial charge in [-0.1, -0.05) is 57.2 Å². The van der Waals surface area contributed by atoms with Gasteiger partial charge in [-0.05, 0) is 6.07 Å². The molecule has 108 valence electrons. The molecule has 5 nitrogen and oxygen atoms in total. The summed E-state index contributed by atoms with van der Waals surface area (Å²) in [7, 11) is 1.83. The lowest BCUT2D eigenvalue weighted by atomic mass is 10.2. The largest absolute Gasteiger partial charge is 0.440 e. The third-order valence-electron chi connectivity index (χ3n) is 2.63. The molecule has 1 N–H and O–H groups in total. The number of oxazole rings is 1. The molecule has 0 unspecified atom stereocenters. The first kappa shape index (κ1) is 14.6. The highest BCUT2D eigenvalue weighted by Gasteiger charge is 2.11. The third-order valence-corrected chi connectivity index (χ3v) is 5.38. The normalized spacial score (nSPS) is 10.8. The van der Waals surface area contributed by atoms with Crippen molar-refractivity contribution >= 4 is 44.2 Å². The quantitative estimate of drug-likeness (QED) is 0.664. The predicted molar refractivity (Wildman–Crippen MR) is 88.7 cm³/mol. The molecule has 2 heterocycles. The van der Waals surface area contributed by atoms with E-state index >= 15 is 0 Å². The minimum atomic E-state index is 0.628. The van der Waals surface area contributed by atoms with Crippen LogP contribution in [0.2, 0.25) is 0 Å². The Balaban J connectivity index is 1.69. The van der Waals surface area contributed by atoms with E-state index in [-0.39, 0.29) is 0 Å². The zero-order valence-electron chi connectivity index (χ0n) is 11.0. The van der Waals surface area contributed by atoms with Crippen LogP contribution in [0.15, 0.2) is 43.7 Å². The number of aromatic nitrogens is 3. The monoisotopic (exact) mass is 382 g/mol. The zero-order valence-corrected chi connectivity index (χ0v) is 14.3. The van der Waals surface area contributed by atoms with Crippen molar-refractivity contribution in [2.45, 2.75) is 10.1 Å². The molecule has 0 radical (unpaired) electrons. The van der Waals surface area contributed by atoms with Gasteiger partial charge in [0.1, 0.15) is 0 Å². The van der Waals surface area contributed by atoms with Gasteiger partial charge in [0.05, 0.1) is 11.9 Å². The minimum absolute atomic E-state index is 0.628. The fourth-order valence-electron chi connectivity index (χ4n) is 1.66. The Hall–Kier alpha value is -1.38. The van der Waals surface area contributed by atoms with Crippen LogP contribution in [0.5, 0.6) is 0 Å². The molecule has 3 rings (SSSR count). The lowest BCUT2D eigenvalue weighted by molar-refractivity contribution is 0.529. The summed E-state index contributed by atoms with van der Waals surface area (Å²) in [6.07, 6.45) is 1.75. The zero-order chi connectivity index (χ0) is 14.7. The number of hydrogen-bond acceptors (Lipinski definition) is 7. The highest BCUT2D eigenvalue weighted by atomic mass is 79.9. The molecular weight excluding hydrogens is 372 g/mol. The third kappa shape index (κ3) is 3.45. The Labute approximate surface area is 138 Å². The first-order chi connectivity index (χ1) is 10.3. The molecule has 2 aromatic heterocycles. The molecule has 0 fully saturated rings. The summed E-state index contributed by atoms with van der Waals surface area (Å²) >= 11 is 6.58. The second kappa shape index (κ2) is 6.59. The van der Waals surface area contributed by atoms with Gasteiger partial charge in [-0.3, -0.25) is 0 Å². The van der Waals surface area contributed by atoms with Crippen LogP contribution >= 0.6 is 39.0 Å². The van der Waals surface area contributed by atoms with E-state index in [2.05, 4.69) is 36.4 Å². The van der Waals surface area contributed by atoms with Crippen molar-refractivity contribution in [3.8, 4) is 11.3 Å². The maximum Gasteiger partial charge on any atom is 0.206 e. The van der Waals surface area contributed by atoms with Gasteiger partial charge in [0, 0.05) is 17.1 Å². The Kier molecular flexibility index (Phi) is 4.57. The van der Waals surface area contributed by atoms with Crippen LogP contribution in [0, 0.1) is 0 Å². The van der Waals surface area contributed by atoms with E-state index in [9.17, 15) is 0 Å². The molecule has 0 aliphatic carbocycles. The maximum atomic E-state index is 5.78. The average Bonchev–Trinajstić information content (AvgIpc) is 3.14. The van der Waals surface area contributed by atoms with Gasteiger partial charge in [0.2, 0.25) is 11.0 Å². The fourth-order valence-corrected chi connectivity index (χ4v) is 3.69. The van der Waals surface area contributed by atoms with Gasteiger partial charge in [-0.2, -0.15) is 0 Å². The van der Waals surface area contributed by atoms with Gasteiger partial charge < -0.3 is 9.73 Å². The van der Waals surface area contributed by atoms with E-state index < -0.39 is 0 Å². The molecule has 0 atom stereocenters. The summed E-state index contributed by atoms with van der Waals surface area (Å²) in [6.45, 7) is 0. The fraction of sp³-hybridized carbons (Fsp3) is 0.154. The predicted octanol–water partition coefficient (Wildman–Crippen LogP) is 4.29. The van der Waals surface area contributed by atoms with E-state index in [1.807, 2.05) is 31.3 Å². The first-order valence-electron chi connectivity index (χ1n) is 6.10. The van der Waals surface area contributed by atoms with Gasteiger partial charge in [0.15, 0.2) is 10.1 Å². The van der Waals surface area contributed by atoms with Crippen molar-refractivity contribution in [2.75, 3.05) is 12.4 Å². The van der Waals surface area contributed by atoms with Gasteiger partial charge >= 0.3 is 0 Å². The summed E-state index contributed by atoms with van der Waals surface area (Å²) < 4.78 is 7.66. The molecule has 0 spiro atoms. The van der Waals surface area contributed by atoms with E-state index in [0.717, 1.165) is 25.3 Å². The van der Waals surface area contributed by atoms with Crippen LogP contribution in [0.1, 0.15) is 5.89 Å². The maximum absolute atomic E-state index is 5.78. The van der Waals surface area contributed by atoms with Gasteiger partial charge in [-0.25, -0.2) is 4.98 Å². The molecule has 8 heteroatoms. The number of hydrogen-bond donors (Lipinski definition) is 1. The van der Waals surface area contributed by atoms with Gasteiger partial charge in [-0.15, -0.1) is 10.2 Å². The first-order valence-corrected chi connectivity index (χ1v) is 8.69. The second-order valence-electron chi connectivity index (χ2n) is 4.01. The van der Waals surface area contributed by atoms with Crippen LogP contribution in [0.3, 0.4) is 0 Å². The van der Waals surface area contributed by atoms with Crippen molar-refractivity contribution in [2.24, 2.45) is 0 Å². The van der Waals surface area contributed by atoms with E-state index in [1.165, 1.54) is 11.3 Å². The van der Waals surface area contributed by atoms with E-state index in [4.69, 9.17) is 4.42 Å². The van der Waals surface area contributed by atoms with Crippen LogP contribution < -0.4 is 5.32 Å².